The van der Waals surface area contributed by atoms with Crippen LogP contribution in [0.4, 0.5) is 0 Å². The van der Waals surface area contributed by atoms with Crippen LogP contribution in [0.1, 0.15) is 45.4 Å². The maximum atomic E-state index is 12.9. The summed E-state index contributed by atoms with van der Waals surface area (Å²) in [5, 5.41) is -0.459. The topological polar surface area (TPSA) is 83.7 Å². The van der Waals surface area contributed by atoms with Crippen molar-refractivity contribution in [3.63, 3.8) is 0 Å². The lowest BCUT2D eigenvalue weighted by molar-refractivity contribution is -0.136. The van der Waals surface area contributed by atoms with E-state index in [2.05, 4.69) is 0 Å². The summed E-state index contributed by atoms with van der Waals surface area (Å²) in [4.78, 5) is 14.4. The molecule has 3 unspecified atom stereocenters. The first-order valence-electron chi connectivity index (χ1n) is 8.93. The molecule has 3 aliphatic rings. The van der Waals surface area contributed by atoms with E-state index in [0.717, 1.165) is 32.1 Å². The van der Waals surface area contributed by atoms with Crippen molar-refractivity contribution >= 4 is 15.9 Å². The number of carbonyl (C=O) groups excluding carboxylic acids is 1. The molecule has 1 amide bonds. The quantitative estimate of drug-likeness (QED) is 0.821. The minimum atomic E-state index is -3.36. The van der Waals surface area contributed by atoms with Gasteiger partial charge >= 0.3 is 0 Å². The van der Waals surface area contributed by atoms with Crippen LogP contribution in [0.15, 0.2) is 0 Å². The Morgan fingerprint density at radius 2 is 1.74 bits per heavy atom. The van der Waals surface area contributed by atoms with Gasteiger partial charge < -0.3 is 10.6 Å². The molecule has 0 aromatic carbocycles. The Morgan fingerprint density at radius 3 is 2.35 bits per heavy atom. The maximum Gasteiger partial charge on any atom is 0.225 e. The zero-order valence-corrected chi connectivity index (χ0v) is 14.8. The van der Waals surface area contributed by atoms with Gasteiger partial charge in [-0.05, 0) is 31.6 Å². The maximum absolute atomic E-state index is 12.9. The van der Waals surface area contributed by atoms with Crippen molar-refractivity contribution < 1.29 is 13.2 Å². The lowest BCUT2D eigenvalue weighted by atomic mass is 10.0. The van der Waals surface area contributed by atoms with Crippen molar-refractivity contribution in [3.05, 3.63) is 0 Å². The monoisotopic (exact) mass is 343 g/mol. The van der Waals surface area contributed by atoms with Gasteiger partial charge in [0.1, 0.15) is 0 Å². The fourth-order valence-electron chi connectivity index (χ4n) is 4.18. The molecule has 0 bridgehead atoms. The average Bonchev–Trinajstić information content (AvgIpc) is 3.18. The van der Waals surface area contributed by atoms with Crippen LogP contribution in [0.2, 0.25) is 0 Å². The summed E-state index contributed by atoms with van der Waals surface area (Å²) in [6.45, 7) is 3.99. The van der Waals surface area contributed by atoms with E-state index in [0.29, 0.717) is 32.6 Å². The largest absolute Gasteiger partial charge is 0.341 e. The van der Waals surface area contributed by atoms with Gasteiger partial charge in [0, 0.05) is 38.1 Å². The highest BCUT2D eigenvalue weighted by molar-refractivity contribution is 7.89. The Bertz CT molecular complexity index is 535. The van der Waals surface area contributed by atoms with Crippen molar-refractivity contribution in [2.45, 2.75) is 56.7 Å². The third-order valence-corrected chi connectivity index (χ3v) is 8.06. The number of likely N-dealkylation sites (tertiary alicyclic amines) is 1. The number of nitrogens with two attached hydrogens (primary N) is 1. The van der Waals surface area contributed by atoms with Crippen LogP contribution in [0, 0.1) is 11.8 Å². The number of amides is 1. The summed E-state index contributed by atoms with van der Waals surface area (Å²) < 4.78 is 27.4. The second-order valence-electron chi connectivity index (χ2n) is 7.53. The lowest BCUT2D eigenvalue weighted by Gasteiger charge is -2.35. The molecule has 0 aromatic heterocycles. The van der Waals surface area contributed by atoms with E-state index < -0.39 is 15.3 Å². The summed E-state index contributed by atoms with van der Waals surface area (Å²) in [5.74, 6) is 0.496. The molecule has 2 aliphatic heterocycles. The van der Waals surface area contributed by atoms with Gasteiger partial charge in [-0.3, -0.25) is 4.79 Å². The molecule has 3 fully saturated rings. The molecule has 23 heavy (non-hydrogen) atoms. The average molecular weight is 343 g/mol. The Kier molecular flexibility index (Phi) is 4.99. The molecule has 0 radical (unpaired) electrons. The van der Waals surface area contributed by atoms with Gasteiger partial charge in [-0.2, -0.15) is 4.31 Å². The van der Waals surface area contributed by atoms with Crippen LogP contribution in [0.3, 0.4) is 0 Å². The molecule has 2 saturated heterocycles. The molecule has 3 atom stereocenters. The van der Waals surface area contributed by atoms with Gasteiger partial charge in [0.2, 0.25) is 15.9 Å². The SMILES string of the molecule is CC1CN(S(=O)(=O)C2CCCN(C(=O)C3CCCC3)C2)CC1N. The highest BCUT2D eigenvalue weighted by Gasteiger charge is 2.42. The van der Waals surface area contributed by atoms with E-state index in [9.17, 15) is 13.2 Å². The molecule has 0 aromatic rings. The van der Waals surface area contributed by atoms with Crippen LogP contribution in [0.25, 0.3) is 0 Å². The summed E-state index contributed by atoms with van der Waals surface area (Å²) in [6.07, 6.45) is 5.59. The van der Waals surface area contributed by atoms with Gasteiger partial charge in [-0.15, -0.1) is 0 Å². The number of nitrogens with zero attached hydrogens (tertiary/aromatic N) is 2. The number of hydrogen-bond acceptors (Lipinski definition) is 4. The molecule has 2 heterocycles. The first kappa shape index (κ1) is 17.2. The first-order chi connectivity index (χ1) is 10.9. The van der Waals surface area contributed by atoms with Crippen molar-refractivity contribution in [1.82, 2.24) is 9.21 Å². The summed E-state index contributed by atoms with van der Waals surface area (Å²) in [6, 6.07) is -0.0791. The van der Waals surface area contributed by atoms with Crippen molar-refractivity contribution in [2.75, 3.05) is 26.2 Å². The molecule has 132 valence electrons. The lowest BCUT2D eigenvalue weighted by Crippen LogP contribution is -2.50. The van der Waals surface area contributed by atoms with Gasteiger partial charge in [0.15, 0.2) is 0 Å². The van der Waals surface area contributed by atoms with Crippen LogP contribution < -0.4 is 5.73 Å². The number of piperidine rings is 1. The Hall–Kier alpha value is -0.660. The zero-order valence-electron chi connectivity index (χ0n) is 14.0. The van der Waals surface area contributed by atoms with E-state index in [4.69, 9.17) is 5.73 Å². The van der Waals surface area contributed by atoms with Crippen molar-refractivity contribution in [1.29, 1.82) is 0 Å². The zero-order chi connectivity index (χ0) is 16.6. The molecule has 7 heteroatoms. The van der Waals surface area contributed by atoms with E-state index in [-0.39, 0.29) is 23.8 Å². The standard InChI is InChI=1S/C16H29N3O3S/c1-12-9-19(11-15(12)17)23(21,22)14-7-4-8-18(10-14)16(20)13-5-2-3-6-13/h12-15H,2-11,17H2,1H3. The van der Waals surface area contributed by atoms with Crippen molar-refractivity contribution in [3.8, 4) is 0 Å². The van der Waals surface area contributed by atoms with Crippen molar-refractivity contribution in [2.24, 2.45) is 17.6 Å². The smallest absolute Gasteiger partial charge is 0.225 e. The molecule has 1 aliphatic carbocycles. The third-order valence-electron chi connectivity index (χ3n) is 5.81. The van der Waals surface area contributed by atoms with E-state index >= 15 is 0 Å². The first-order valence-corrected chi connectivity index (χ1v) is 10.4. The van der Waals surface area contributed by atoms with Crippen LogP contribution in [0.5, 0.6) is 0 Å². The van der Waals surface area contributed by atoms with Crippen LogP contribution in [-0.4, -0.2) is 61.0 Å². The van der Waals surface area contributed by atoms with Gasteiger partial charge in [0.05, 0.1) is 5.25 Å². The third kappa shape index (κ3) is 3.42. The Balaban J connectivity index is 1.66. The summed E-state index contributed by atoms with van der Waals surface area (Å²) in [5.41, 5.74) is 5.98. The van der Waals surface area contributed by atoms with E-state index in [1.165, 1.54) is 0 Å². The molecule has 2 N–H and O–H groups in total. The number of rotatable bonds is 3. The minimum Gasteiger partial charge on any atom is -0.341 e. The van der Waals surface area contributed by atoms with Gasteiger partial charge in [-0.25, -0.2) is 8.42 Å². The summed E-state index contributed by atoms with van der Waals surface area (Å²) in [7, 11) is -3.36. The number of sulfonamides is 1. The molecule has 0 spiro atoms. The fourth-order valence-corrected chi connectivity index (χ4v) is 6.25. The molecule has 6 nitrogen and oxygen atoms in total. The second-order valence-corrected chi connectivity index (χ2v) is 9.75. The second kappa shape index (κ2) is 6.69. The molecule has 3 rings (SSSR count). The Morgan fingerprint density at radius 1 is 1.04 bits per heavy atom. The van der Waals surface area contributed by atoms with Crippen LogP contribution in [-0.2, 0) is 14.8 Å². The predicted octanol–water partition coefficient (Wildman–Crippen LogP) is 0.776. The fraction of sp³-hybridized carbons (Fsp3) is 0.938. The van der Waals surface area contributed by atoms with Crippen LogP contribution >= 0.6 is 0 Å². The molecular formula is C16H29N3O3S. The van der Waals surface area contributed by atoms with Gasteiger partial charge in [0.25, 0.3) is 0 Å². The number of hydrogen-bond donors (Lipinski definition) is 1. The minimum absolute atomic E-state index is 0.0791. The van der Waals surface area contributed by atoms with E-state index in [1.54, 1.807) is 9.21 Å². The highest BCUT2D eigenvalue weighted by Crippen LogP contribution is 2.30. The summed E-state index contributed by atoms with van der Waals surface area (Å²) >= 11 is 0. The predicted molar refractivity (Wildman–Crippen MR) is 89.2 cm³/mol. The Labute approximate surface area is 139 Å². The van der Waals surface area contributed by atoms with E-state index in [1.807, 2.05) is 6.92 Å². The highest BCUT2D eigenvalue weighted by atomic mass is 32.2. The molecular weight excluding hydrogens is 314 g/mol. The number of carbonyl (C=O) groups is 1. The molecule has 1 saturated carbocycles. The normalized spacial score (nSPS) is 34.2. The van der Waals surface area contributed by atoms with Gasteiger partial charge in [-0.1, -0.05) is 19.8 Å².